The fourth-order valence-corrected chi connectivity index (χ4v) is 6.57. The Kier molecular flexibility index (Phi) is 6.14. The first kappa shape index (κ1) is 25.3. The molecule has 2 aliphatic carbocycles. The van der Waals surface area contributed by atoms with Crippen molar-refractivity contribution in [3.8, 4) is 0 Å². The molecule has 2 aromatic rings. The second-order valence-corrected chi connectivity index (χ2v) is 12.0. The zero-order chi connectivity index (χ0) is 27.5. The molecule has 0 aromatic heterocycles. The van der Waals surface area contributed by atoms with E-state index in [0.717, 1.165) is 41.5 Å². The average molecular weight is 560 g/mol. The standard InChI is InChI=1S/C30H30ClN5O4/c31-19-5-3-17(4-6-19)24-15-35(34-27(24)18-1-2-18)21-11-16(12-21)14-32-20-7-8-22-23(13-20)30(40)36(29(22)39)25-9-10-26(37)33-28(25)38/h3-8,13,16,18,21,24-25,32H,1-2,9-12,14-15H2,(H,33,37,38)/t16-,21-,24?,25?. The van der Waals surface area contributed by atoms with Crippen molar-refractivity contribution in [3.63, 3.8) is 0 Å². The molecular formula is C30H30ClN5O4. The molecule has 2 atom stereocenters. The number of amides is 4. The lowest BCUT2D eigenvalue weighted by molar-refractivity contribution is -0.136. The molecule has 2 N–H and O–H groups in total. The van der Waals surface area contributed by atoms with Gasteiger partial charge in [-0.25, -0.2) is 0 Å². The molecule has 206 valence electrons. The normalized spacial score (nSPS) is 27.9. The quantitative estimate of drug-likeness (QED) is 0.499. The number of fused-ring (bicyclic) bond motifs is 1. The fourth-order valence-electron chi connectivity index (χ4n) is 6.44. The first-order valence-electron chi connectivity index (χ1n) is 14.1. The molecule has 0 spiro atoms. The number of benzene rings is 2. The lowest BCUT2D eigenvalue weighted by Crippen LogP contribution is -2.54. The van der Waals surface area contributed by atoms with Crippen LogP contribution in [0.5, 0.6) is 0 Å². The number of hydrogen-bond acceptors (Lipinski definition) is 7. The summed E-state index contributed by atoms with van der Waals surface area (Å²) in [4.78, 5) is 50.8. The van der Waals surface area contributed by atoms with Crippen molar-refractivity contribution in [2.45, 2.75) is 56.5 Å². The van der Waals surface area contributed by atoms with Crippen molar-refractivity contribution in [1.82, 2.24) is 15.2 Å². The van der Waals surface area contributed by atoms with Crippen molar-refractivity contribution in [3.05, 3.63) is 64.2 Å². The fraction of sp³-hybridized carbons (Fsp3) is 0.433. The first-order valence-corrected chi connectivity index (χ1v) is 14.4. The average Bonchev–Trinajstić information content (AvgIpc) is 3.63. The van der Waals surface area contributed by atoms with Crippen molar-refractivity contribution in [1.29, 1.82) is 0 Å². The Balaban J connectivity index is 0.954. The van der Waals surface area contributed by atoms with Gasteiger partial charge in [0.1, 0.15) is 6.04 Å². The predicted molar refractivity (Wildman–Crippen MR) is 149 cm³/mol. The minimum Gasteiger partial charge on any atom is -0.385 e. The van der Waals surface area contributed by atoms with Crippen LogP contribution in [0.4, 0.5) is 5.69 Å². The van der Waals surface area contributed by atoms with Crippen molar-refractivity contribution < 1.29 is 19.2 Å². The highest BCUT2D eigenvalue weighted by atomic mass is 35.5. The van der Waals surface area contributed by atoms with E-state index >= 15 is 0 Å². The Morgan fingerprint density at radius 1 is 0.950 bits per heavy atom. The second-order valence-electron chi connectivity index (χ2n) is 11.6. The number of imide groups is 2. The van der Waals surface area contributed by atoms with Gasteiger partial charge < -0.3 is 5.32 Å². The highest BCUT2D eigenvalue weighted by molar-refractivity contribution is 6.30. The van der Waals surface area contributed by atoms with Crippen LogP contribution in [0.1, 0.15) is 70.7 Å². The predicted octanol–water partition coefficient (Wildman–Crippen LogP) is 3.80. The van der Waals surface area contributed by atoms with Gasteiger partial charge in [0.25, 0.3) is 11.8 Å². The van der Waals surface area contributed by atoms with Crippen LogP contribution in [0.15, 0.2) is 47.6 Å². The maximum absolute atomic E-state index is 13.1. The van der Waals surface area contributed by atoms with Gasteiger partial charge in [0.05, 0.1) is 16.8 Å². The van der Waals surface area contributed by atoms with E-state index in [1.807, 2.05) is 12.1 Å². The van der Waals surface area contributed by atoms with Gasteiger partial charge in [-0.15, -0.1) is 0 Å². The van der Waals surface area contributed by atoms with Crippen molar-refractivity contribution in [2.75, 3.05) is 18.4 Å². The third kappa shape index (κ3) is 4.46. The second kappa shape index (κ2) is 9.73. The van der Waals surface area contributed by atoms with E-state index in [4.69, 9.17) is 16.7 Å². The van der Waals surface area contributed by atoms with Gasteiger partial charge in [0.15, 0.2) is 0 Å². The van der Waals surface area contributed by atoms with E-state index in [2.05, 4.69) is 27.8 Å². The van der Waals surface area contributed by atoms with E-state index in [-0.39, 0.29) is 24.3 Å². The molecule has 0 radical (unpaired) electrons. The number of carbonyl (C=O) groups excluding carboxylic acids is 4. The van der Waals surface area contributed by atoms with Crippen LogP contribution in [0.25, 0.3) is 0 Å². The molecule has 3 heterocycles. The Labute approximate surface area is 236 Å². The SMILES string of the molecule is O=C1CCC(N2C(=O)c3ccc(NC[C@H]4C[C@H](N5CC(c6ccc(Cl)cc6)C(C6CC6)=N5)C4)cc3C2=O)C(=O)N1. The van der Waals surface area contributed by atoms with E-state index in [1.54, 1.807) is 18.2 Å². The maximum Gasteiger partial charge on any atom is 0.262 e. The number of rotatable bonds is 7. The topological polar surface area (TPSA) is 111 Å². The van der Waals surface area contributed by atoms with E-state index in [9.17, 15) is 19.2 Å². The molecule has 2 saturated carbocycles. The maximum atomic E-state index is 13.1. The third-order valence-electron chi connectivity index (χ3n) is 8.91. The molecule has 2 aromatic carbocycles. The molecule has 3 aliphatic heterocycles. The van der Waals surface area contributed by atoms with E-state index in [0.29, 0.717) is 29.4 Å². The molecule has 5 aliphatic rings. The number of anilines is 1. The highest BCUT2D eigenvalue weighted by Crippen LogP contribution is 2.43. The lowest BCUT2D eigenvalue weighted by Gasteiger charge is -2.40. The summed E-state index contributed by atoms with van der Waals surface area (Å²) in [6, 6.07) is 12.8. The molecule has 9 nitrogen and oxygen atoms in total. The summed E-state index contributed by atoms with van der Waals surface area (Å²) >= 11 is 6.11. The van der Waals surface area contributed by atoms with Gasteiger partial charge in [0.2, 0.25) is 11.8 Å². The Morgan fingerprint density at radius 3 is 2.42 bits per heavy atom. The molecule has 7 rings (SSSR count). The summed E-state index contributed by atoms with van der Waals surface area (Å²) in [7, 11) is 0. The number of carbonyl (C=O) groups is 4. The molecule has 0 bridgehead atoms. The van der Waals surface area contributed by atoms with Crippen LogP contribution in [0, 0.1) is 11.8 Å². The monoisotopic (exact) mass is 559 g/mol. The Hall–Kier alpha value is -3.72. The van der Waals surface area contributed by atoms with Crippen molar-refractivity contribution >= 4 is 46.6 Å². The zero-order valence-corrected chi connectivity index (χ0v) is 22.7. The summed E-state index contributed by atoms with van der Waals surface area (Å²) in [6.45, 7) is 1.69. The molecule has 1 saturated heterocycles. The third-order valence-corrected chi connectivity index (χ3v) is 9.16. The molecule has 10 heteroatoms. The van der Waals surface area contributed by atoms with Crippen LogP contribution in [0.3, 0.4) is 0 Å². The van der Waals surface area contributed by atoms with Crippen LogP contribution < -0.4 is 10.6 Å². The summed E-state index contributed by atoms with van der Waals surface area (Å²) in [5, 5.41) is 13.8. The highest BCUT2D eigenvalue weighted by Gasteiger charge is 2.45. The van der Waals surface area contributed by atoms with Crippen LogP contribution in [-0.4, -0.2) is 64.4 Å². The Morgan fingerprint density at radius 2 is 1.70 bits per heavy atom. The zero-order valence-electron chi connectivity index (χ0n) is 21.9. The number of nitrogens with one attached hydrogen (secondary N) is 2. The van der Waals surface area contributed by atoms with Crippen LogP contribution in [-0.2, 0) is 9.59 Å². The van der Waals surface area contributed by atoms with Crippen LogP contribution in [0.2, 0.25) is 5.02 Å². The van der Waals surface area contributed by atoms with Crippen molar-refractivity contribution in [2.24, 2.45) is 16.9 Å². The minimum absolute atomic E-state index is 0.103. The molecule has 4 amide bonds. The first-order chi connectivity index (χ1) is 19.4. The lowest BCUT2D eigenvalue weighted by atomic mass is 9.79. The minimum atomic E-state index is -0.957. The molecule has 40 heavy (non-hydrogen) atoms. The van der Waals surface area contributed by atoms with E-state index < -0.39 is 23.8 Å². The molecule has 2 unspecified atom stereocenters. The summed E-state index contributed by atoms with van der Waals surface area (Å²) < 4.78 is 0. The number of piperidine rings is 1. The van der Waals surface area contributed by atoms with Gasteiger partial charge in [-0.2, -0.15) is 5.10 Å². The number of hydrazone groups is 1. The smallest absolute Gasteiger partial charge is 0.262 e. The molecular weight excluding hydrogens is 530 g/mol. The number of halogens is 1. The van der Waals surface area contributed by atoms with Gasteiger partial charge in [-0.3, -0.25) is 34.4 Å². The number of nitrogens with zero attached hydrogens (tertiary/aromatic N) is 3. The van der Waals surface area contributed by atoms with Gasteiger partial charge in [0, 0.05) is 42.2 Å². The summed E-state index contributed by atoms with van der Waals surface area (Å²) in [5.74, 6) is -0.521. The summed E-state index contributed by atoms with van der Waals surface area (Å²) in [6.07, 6.45) is 4.81. The summed E-state index contributed by atoms with van der Waals surface area (Å²) in [5.41, 5.74) is 3.96. The van der Waals surface area contributed by atoms with Crippen LogP contribution >= 0.6 is 11.6 Å². The number of hydrogen-bond donors (Lipinski definition) is 2. The van der Waals surface area contributed by atoms with E-state index in [1.165, 1.54) is 24.1 Å². The van der Waals surface area contributed by atoms with Gasteiger partial charge in [-0.05, 0) is 79.8 Å². The Bertz CT molecular complexity index is 1450. The van der Waals surface area contributed by atoms with Gasteiger partial charge >= 0.3 is 0 Å². The largest absolute Gasteiger partial charge is 0.385 e. The molecule has 3 fully saturated rings. The van der Waals surface area contributed by atoms with Gasteiger partial charge in [-0.1, -0.05) is 23.7 Å².